The molecule has 0 radical (unpaired) electrons. The number of carbonyl (C=O) groups is 1. The molecule has 1 aliphatic carbocycles. The summed E-state index contributed by atoms with van der Waals surface area (Å²) < 4.78 is 11.6. The number of hydrogen-bond acceptors (Lipinski definition) is 4. The number of ether oxygens (including phenoxy) is 1. The van der Waals surface area contributed by atoms with Gasteiger partial charge in [-0.3, -0.25) is 4.79 Å². The highest BCUT2D eigenvalue weighted by molar-refractivity contribution is 5.88. The van der Waals surface area contributed by atoms with Crippen LogP contribution in [0.15, 0.2) is 22.8 Å². The summed E-state index contributed by atoms with van der Waals surface area (Å²) >= 11 is 0. The van der Waals surface area contributed by atoms with Gasteiger partial charge in [-0.05, 0) is 68.3 Å². The average molecular weight is 393 g/mol. The number of rotatable bonds is 6. The molecule has 1 aromatic heterocycles. The van der Waals surface area contributed by atoms with E-state index in [4.69, 9.17) is 14.9 Å². The lowest BCUT2D eigenvalue weighted by Crippen LogP contribution is -2.41. The molecule has 0 unspecified atom stereocenters. The molecule has 148 valence electrons. The highest BCUT2D eigenvalue weighted by Gasteiger charge is 2.24. The molecule has 2 N–H and O–H groups in total. The maximum Gasteiger partial charge on any atom is 0.227 e. The van der Waals surface area contributed by atoms with Gasteiger partial charge in [0.15, 0.2) is 0 Å². The Bertz CT molecular complexity index is 781. The molecule has 0 atom stereocenters. The van der Waals surface area contributed by atoms with Crippen LogP contribution < -0.4 is 5.73 Å². The van der Waals surface area contributed by atoms with Crippen molar-refractivity contribution in [2.75, 3.05) is 26.2 Å². The fourth-order valence-corrected chi connectivity index (χ4v) is 4.16. The van der Waals surface area contributed by atoms with E-state index >= 15 is 0 Å². The largest absolute Gasteiger partial charge is 0.464 e. The number of likely N-dealkylation sites (tertiary alicyclic amines) is 1. The number of furan rings is 1. The minimum atomic E-state index is 0. The smallest absolute Gasteiger partial charge is 0.227 e. The van der Waals surface area contributed by atoms with Crippen molar-refractivity contribution >= 4 is 29.3 Å². The van der Waals surface area contributed by atoms with Gasteiger partial charge in [0.2, 0.25) is 5.91 Å². The normalized spacial score (nSPS) is 17.1. The van der Waals surface area contributed by atoms with Crippen LogP contribution in [0.4, 0.5) is 0 Å². The first-order valence-electron chi connectivity index (χ1n) is 9.86. The van der Waals surface area contributed by atoms with Crippen molar-refractivity contribution in [3.63, 3.8) is 0 Å². The van der Waals surface area contributed by atoms with Gasteiger partial charge in [0.25, 0.3) is 0 Å². The quantitative estimate of drug-likeness (QED) is 0.766. The number of carbonyl (C=O) groups excluding carboxylic acids is 1. The van der Waals surface area contributed by atoms with Gasteiger partial charge in [0, 0.05) is 30.6 Å². The van der Waals surface area contributed by atoms with Crippen molar-refractivity contribution in [1.29, 1.82) is 0 Å². The minimum Gasteiger partial charge on any atom is -0.464 e. The van der Waals surface area contributed by atoms with E-state index in [1.165, 1.54) is 17.5 Å². The van der Waals surface area contributed by atoms with Crippen LogP contribution in [-0.2, 0) is 28.8 Å². The first kappa shape index (κ1) is 20.2. The van der Waals surface area contributed by atoms with Crippen LogP contribution >= 0.6 is 12.4 Å². The summed E-state index contributed by atoms with van der Waals surface area (Å²) in [6.45, 7) is 2.94. The zero-order valence-electron chi connectivity index (χ0n) is 15.7. The Labute approximate surface area is 166 Å². The van der Waals surface area contributed by atoms with E-state index in [2.05, 4.69) is 12.1 Å². The second-order valence-electron chi connectivity index (χ2n) is 7.50. The number of nitrogens with two attached hydrogens (primary N) is 1. The summed E-state index contributed by atoms with van der Waals surface area (Å²) in [5.74, 6) is 0.189. The molecule has 0 spiro atoms. The lowest BCUT2D eigenvalue weighted by molar-refractivity contribution is -0.133. The van der Waals surface area contributed by atoms with E-state index in [-0.39, 0.29) is 24.4 Å². The van der Waals surface area contributed by atoms with E-state index in [1.807, 2.05) is 4.90 Å². The average Bonchev–Trinajstić information content (AvgIpc) is 3.27. The highest BCUT2D eigenvalue weighted by atomic mass is 35.5. The lowest BCUT2D eigenvalue weighted by Gasteiger charge is -2.32. The van der Waals surface area contributed by atoms with Crippen LogP contribution in [0.2, 0.25) is 0 Å². The Kier molecular flexibility index (Phi) is 6.79. The summed E-state index contributed by atoms with van der Waals surface area (Å²) in [6.07, 6.45) is 8.68. The van der Waals surface area contributed by atoms with Crippen molar-refractivity contribution < 1.29 is 13.9 Å². The maximum absolute atomic E-state index is 12.7. The molecule has 1 aromatic carbocycles. The van der Waals surface area contributed by atoms with Crippen LogP contribution in [0.25, 0.3) is 11.0 Å². The first-order chi connectivity index (χ1) is 12.7. The monoisotopic (exact) mass is 392 g/mol. The van der Waals surface area contributed by atoms with Gasteiger partial charge >= 0.3 is 0 Å². The van der Waals surface area contributed by atoms with Gasteiger partial charge in [-0.25, -0.2) is 0 Å². The number of nitrogens with zero attached hydrogens (tertiary/aromatic N) is 1. The van der Waals surface area contributed by atoms with Crippen LogP contribution in [-0.4, -0.2) is 43.2 Å². The number of piperidine rings is 1. The van der Waals surface area contributed by atoms with E-state index in [1.54, 1.807) is 6.26 Å². The van der Waals surface area contributed by atoms with Crippen molar-refractivity contribution in [3.8, 4) is 0 Å². The second-order valence-corrected chi connectivity index (χ2v) is 7.50. The van der Waals surface area contributed by atoms with Gasteiger partial charge in [-0.1, -0.05) is 0 Å². The third-order valence-corrected chi connectivity index (χ3v) is 5.71. The highest BCUT2D eigenvalue weighted by Crippen LogP contribution is 2.31. The fourth-order valence-electron chi connectivity index (χ4n) is 4.16. The molecule has 1 aliphatic heterocycles. The van der Waals surface area contributed by atoms with Gasteiger partial charge in [0.1, 0.15) is 5.58 Å². The van der Waals surface area contributed by atoms with Crippen molar-refractivity contribution in [3.05, 3.63) is 35.1 Å². The molecule has 1 saturated heterocycles. The van der Waals surface area contributed by atoms with E-state index in [0.29, 0.717) is 13.0 Å². The van der Waals surface area contributed by atoms with Crippen molar-refractivity contribution in [2.24, 2.45) is 5.73 Å². The molecule has 2 aliphatic rings. The van der Waals surface area contributed by atoms with Gasteiger partial charge in [-0.15, -0.1) is 12.4 Å². The Morgan fingerprint density at radius 1 is 1.22 bits per heavy atom. The zero-order valence-corrected chi connectivity index (χ0v) is 16.6. The van der Waals surface area contributed by atoms with E-state index in [0.717, 1.165) is 68.3 Å². The summed E-state index contributed by atoms with van der Waals surface area (Å²) in [6, 6.07) is 4.40. The topological polar surface area (TPSA) is 68.7 Å². The number of fused-ring (bicyclic) bond motifs is 2. The van der Waals surface area contributed by atoms with Gasteiger partial charge in [0.05, 0.1) is 18.8 Å². The van der Waals surface area contributed by atoms with Crippen LogP contribution in [0, 0.1) is 0 Å². The van der Waals surface area contributed by atoms with Crippen molar-refractivity contribution in [2.45, 2.75) is 51.0 Å². The third-order valence-electron chi connectivity index (χ3n) is 5.71. The molecule has 0 saturated carbocycles. The molecular weight excluding hydrogens is 364 g/mol. The molecule has 5 nitrogen and oxygen atoms in total. The number of hydrogen-bond donors (Lipinski definition) is 1. The molecule has 4 rings (SSSR count). The predicted molar refractivity (Wildman–Crippen MR) is 108 cm³/mol. The van der Waals surface area contributed by atoms with Crippen molar-refractivity contribution in [1.82, 2.24) is 4.90 Å². The minimum absolute atomic E-state index is 0. The SMILES string of the molecule is Cl.NCCCOC1CCN(C(=O)Cc2coc3cc4c(cc23)CCC4)CC1. The van der Waals surface area contributed by atoms with Crippen LogP contribution in [0.5, 0.6) is 0 Å². The van der Waals surface area contributed by atoms with Crippen LogP contribution in [0.1, 0.15) is 42.4 Å². The lowest BCUT2D eigenvalue weighted by atomic mass is 10.0. The maximum atomic E-state index is 12.7. The summed E-state index contributed by atoms with van der Waals surface area (Å²) in [5, 5.41) is 1.11. The summed E-state index contributed by atoms with van der Waals surface area (Å²) in [7, 11) is 0. The van der Waals surface area contributed by atoms with E-state index in [9.17, 15) is 4.79 Å². The molecule has 1 amide bonds. The molecular formula is C21H29ClN2O3. The molecule has 2 heterocycles. The Morgan fingerprint density at radius 2 is 1.96 bits per heavy atom. The zero-order chi connectivity index (χ0) is 17.9. The molecule has 27 heavy (non-hydrogen) atoms. The molecule has 6 heteroatoms. The Morgan fingerprint density at radius 3 is 2.70 bits per heavy atom. The second kappa shape index (κ2) is 9.09. The first-order valence-corrected chi connectivity index (χ1v) is 9.86. The summed E-state index contributed by atoms with van der Waals surface area (Å²) in [4.78, 5) is 14.7. The number of aryl methyl sites for hydroxylation is 2. The molecule has 0 bridgehead atoms. The molecule has 1 fully saturated rings. The Balaban J connectivity index is 0.00000210. The number of halogens is 1. The predicted octanol–water partition coefficient (Wildman–Crippen LogP) is 3.24. The van der Waals surface area contributed by atoms with Gasteiger partial charge < -0.3 is 19.8 Å². The number of benzene rings is 1. The van der Waals surface area contributed by atoms with Crippen LogP contribution in [0.3, 0.4) is 0 Å². The standard InChI is InChI=1S/C21H28N2O3.ClH/c22-7-2-10-25-18-5-8-23(9-6-18)21(24)13-17-14-26-20-12-16-4-1-3-15(16)11-19(17)20;/h11-12,14,18H,1-10,13,22H2;1H. The molecule has 2 aromatic rings. The fraction of sp³-hybridized carbons (Fsp3) is 0.571. The Hall–Kier alpha value is -1.56. The van der Waals surface area contributed by atoms with E-state index < -0.39 is 0 Å². The summed E-state index contributed by atoms with van der Waals surface area (Å²) in [5.41, 5.74) is 10.3. The number of amides is 1. The third kappa shape index (κ3) is 4.48. The van der Waals surface area contributed by atoms with Gasteiger partial charge in [-0.2, -0.15) is 0 Å².